The predicted molar refractivity (Wildman–Crippen MR) is 51.2 cm³/mol. The van der Waals surface area contributed by atoms with E-state index in [0.717, 1.165) is 19.6 Å². The minimum absolute atomic E-state index is 0. The van der Waals surface area contributed by atoms with E-state index in [4.69, 9.17) is 0 Å². The van der Waals surface area contributed by atoms with Crippen LogP contribution >= 0.6 is 12.4 Å². The van der Waals surface area contributed by atoms with Crippen LogP contribution in [0.3, 0.4) is 0 Å². The van der Waals surface area contributed by atoms with Crippen molar-refractivity contribution in [2.45, 2.75) is 20.4 Å². The fraction of sp³-hybridized carbons (Fsp3) is 0.750. The second-order valence-corrected chi connectivity index (χ2v) is 2.81. The minimum atomic E-state index is -0.389. The van der Waals surface area contributed by atoms with E-state index in [9.17, 15) is 5.11 Å². The van der Waals surface area contributed by atoms with E-state index in [0.29, 0.717) is 6.54 Å². The number of hydrogen-bond donors (Lipinski definition) is 0. The summed E-state index contributed by atoms with van der Waals surface area (Å²) in [4.78, 5) is 2.26. The molecule has 0 bridgehead atoms. The summed E-state index contributed by atoms with van der Waals surface area (Å²) in [6.45, 7) is 7.83. The Morgan fingerprint density at radius 2 is 2.14 bits per heavy atom. The van der Waals surface area contributed by atoms with Crippen LogP contribution in [0, 0.1) is 0 Å². The summed E-state index contributed by atoms with van der Waals surface area (Å²) >= 11 is 0. The highest BCUT2D eigenvalue weighted by molar-refractivity contribution is 5.85. The summed E-state index contributed by atoms with van der Waals surface area (Å²) in [7, 11) is 0. The monoisotopic (exact) mass is 221 g/mol. The molecule has 0 fully saturated rings. The second kappa shape index (κ2) is 6.62. The van der Waals surface area contributed by atoms with Crippen molar-refractivity contribution in [3.05, 3.63) is 6.20 Å². The summed E-state index contributed by atoms with van der Waals surface area (Å²) < 4.78 is 5.93. The lowest BCUT2D eigenvalue weighted by Crippen LogP contribution is -2.41. The normalized spacial score (nSPS) is 10.2. The molecule has 0 unspecified atom stereocenters. The molecule has 0 atom stereocenters. The van der Waals surface area contributed by atoms with E-state index in [1.54, 1.807) is 0 Å². The third-order valence-electron chi connectivity index (χ3n) is 2.03. The zero-order valence-electron chi connectivity index (χ0n) is 8.47. The van der Waals surface area contributed by atoms with Gasteiger partial charge in [-0.15, -0.1) is 12.4 Å². The predicted octanol–water partition coefficient (Wildman–Crippen LogP) is -0.201. The Kier molecular flexibility index (Phi) is 6.23. The van der Waals surface area contributed by atoms with E-state index in [2.05, 4.69) is 28.5 Å². The molecule has 1 aromatic rings. The molecular weight excluding hydrogens is 206 g/mol. The second-order valence-electron chi connectivity index (χ2n) is 2.81. The van der Waals surface area contributed by atoms with Gasteiger partial charge in [0.1, 0.15) is 5.95 Å². The van der Waals surface area contributed by atoms with Gasteiger partial charge in [-0.2, -0.15) is 0 Å². The molecule has 0 amide bonds. The van der Waals surface area contributed by atoms with Crippen molar-refractivity contribution >= 4 is 12.4 Å². The van der Waals surface area contributed by atoms with Gasteiger partial charge < -0.3 is 9.63 Å². The molecule has 1 heterocycles. The first-order chi connectivity index (χ1) is 6.26. The quantitative estimate of drug-likeness (QED) is 0.647. The molecule has 0 saturated carbocycles. The molecule has 0 aliphatic heterocycles. The first-order valence-corrected chi connectivity index (χ1v) is 4.52. The van der Waals surface area contributed by atoms with Crippen molar-refractivity contribution in [2.75, 3.05) is 19.6 Å². The number of likely N-dealkylation sites (N-methyl/N-ethyl adjacent to an activating group) is 1. The van der Waals surface area contributed by atoms with Crippen LogP contribution in [0.1, 0.15) is 13.8 Å². The molecule has 0 aliphatic rings. The molecule has 0 spiro atoms. The van der Waals surface area contributed by atoms with E-state index in [1.165, 1.54) is 10.9 Å². The van der Waals surface area contributed by atoms with Crippen molar-refractivity contribution in [3.8, 4) is 5.95 Å². The molecule has 1 aromatic heterocycles. The van der Waals surface area contributed by atoms with Crippen molar-refractivity contribution in [1.82, 2.24) is 10.2 Å². The molecular formula is C8H16ClN3O2. The third kappa shape index (κ3) is 3.93. The number of nitrogens with zero attached hydrogens (tertiary/aromatic N) is 3. The van der Waals surface area contributed by atoms with Crippen LogP contribution in [-0.2, 0) is 6.54 Å². The van der Waals surface area contributed by atoms with Crippen molar-refractivity contribution < 1.29 is 14.3 Å². The van der Waals surface area contributed by atoms with Gasteiger partial charge in [0, 0.05) is 0 Å². The van der Waals surface area contributed by atoms with E-state index >= 15 is 0 Å². The van der Waals surface area contributed by atoms with Gasteiger partial charge in [0.05, 0.1) is 11.8 Å². The maximum absolute atomic E-state index is 10.6. The molecule has 0 radical (unpaired) electrons. The molecule has 5 nitrogen and oxygen atoms in total. The van der Waals surface area contributed by atoms with Gasteiger partial charge in [-0.3, -0.25) is 4.90 Å². The highest BCUT2D eigenvalue weighted by Gasteiger charge is 2.06. The summed E-state index contributed by atoms with van der Waals surface area (Å²) in [5.74, 6) is -0.389. The molecule has 82 valence electrons. The maximum atomic E-state index is 10.6. The van der Waals surface area contributed by atoms with Crippen LogP contribution in [0.2, 0.25) is 0 Å². The first-order valence-electron chi connectivity index (χ1n) is 4.52. The summed E-state index contributed by atoms with van der Waals surface area (Å²) in [5, 5.41) is 14.2. The van der Waals surface area contributed by atoms with Gasteiger partial charge in [0.2, 0.25) is 6.20 Å². The number of rotatable bonds is 5. The topological polar surface area (TPSA) is 56.2 Å². The Morgan fingerprint density at radius 3 is 2.57 bits per heavy atom. The van der Waals surface area contributed by atoms with Gasteiger partial charge in [0.25, 0.3) is 0 Å². The Hall–Kier alpha value is -0.810. The maximum Gasteiger partial charge on any atom is 0.221 e. The van der Waals surface area contributed by atoms with Crippen LogP contribution < -0.4 is 9.79 Å². The molecule has 6 heteroatoms. The van der Waals surface area contributed by atoms with Crippen molar-refractivity contribution in [3.63, 3.8) is 0 Å². The largest absolute Gasteiger partial charge is 0.539 e. The van der Waals surface area contributed by atoms with E-state index in [-0.39, 0.29) is 18.4 Å². The van der Waals surface area contributed by atoms with Gasteiger partial charge in [-0.1, -0.05) is 18.5 Å². The smallest absolute Gasteiger partial charge is 0.221 e. The molecule has 1 rings (SSSR count). The number of halogens is 1. The van der Waals surface area contributed by atoms with E-state index < -0.39 is 0 Å². The van der Waals surface area contributed by atoms with Crippen LogP contribution in [0.15, 0.2) is 10.7 Å². The van der Waals surface area contributed by atoms with Crippen LogP contribution in [-0.4, -0.2) is 29.8 Å². The van der Waals surface area contributed by atoms with Crippen LogP contribution in [0.4, 0.5) is 0 Å². The van der Waals surface area contributed by atoms with Crippen LogP contribution in [0.25, 0.3) is 0 Å². The molecule has 14 heavy (non-hydrogen) atoms. The average molecular weight is 222 g/mol. The summed E-state index contributed by atoms with van der Waals surface area (Å²) in [6.07, 6.45) is 1.36. The molecule has 0 aromatic carbocycles. The Labute approximate surface area is 89.7 Å². The fourth-order valence-electron chi connectivity index (χ4n) is 1.15. The molecule has 0 saturated heterocycles. The molecule has 0 N–H and O–H groups in total. The van der Waals surface area contributed by atoms with Gasteiger partial charge in [-0.25, -0.2) is 0 Å². The lowest BCUT2D eigenvalue weighted by Gasteiger charge is -2.14. The third-order valence-corrected chi connectivity index (χ3v) is 2.03. The zero-order chi connectivity index (χ0) is 9.68. The van der Waals surface area contributed by atoms with Crippen molar-refractivity contribution in [1.29, 1.82) is 0 Å². The van der Waals surface area contributed by atoms with Crippen LogP contribution in [0.5, 0.6) is 5.95 Å². The molecule has 0 aliphatic carbocycles. The van der Waals surface area contributed by atoms with Gasteiger partial charge >= 0.3 is 0 Å². The Balaban J connectivity index is 0.00000169. The highest BCUT2D eigenvalue weighted by Crippen LogP contribution is 1.93. The summed E-state index contributed by atoms with van der Waals surface area (Å²) in [6, 6.07) is 0. The van der Waals surface area contributed by atoms with Crippen molar-refractivity contribution in [2.24, 2.45) is 0 Å². The van der Waals surface area contributed by atoms with Gasteiger partial charge in [0.15, 0.2) is 6.54 Å². The average Bonchev–Trinajstić information content (AvgIpc) is 2.53. The Morgan fingerprint density at radius 1 is 1.50 bits per heavy atom. The lowest BCUT2D eigenvalue weighted by atomic mass is 10.5. The Bertz CT molecular complexity index is 250. The first kappa shape index (κ1) is 13.2. The summed E-state index contributed by atoms with van der Waals surface area (Å²) in [5.41, 5.74) is 0. The number of hydrogen-bond acceptors (Lipinski definition) is 4. The number of aromatic nitrogens is 2. The zero-order valence-corrected chi connectivity index (χ0v) is 9.29. The SMILES string of the molecule is CCN(CC)CC[n+]1cc([O-])on1.Cl. The van der Waals surface area contributed by atoms with E-state index in [1.807, 2.05) is 0 Å². The lowest BCUT2D eigenvalue weighted by molar-refractivity contribution is -0.761. The fourth-order valence-corrected chi connectivity index (χ4v) is 1.15. The highest BCUT2D eigenvalue weighted by atomic mass is 35.5. The minimum Gasteiger partial charge on any atom is -0.539 e. The standard InChI is InChI=1S/C8H15N3O2.ClH/c1-3-10(4-2)5-6-11-7-8(12)13-9-11;/h7H,3-6H2,1-2H3;1H. The van der Waals surface area contributed by atoms with Gasteiger partial charge in [-0.05, 0) is 13.1 Å².